The van der Waals surface area contributed by atoms with Gasteiger partial charge in [0.1, 0.15) is 18.2 Å². The highest BCUT2D eigenvalue weighted by Crippen LogP contribution is 2.25. The predicted molar refractivity (Wildman–Crippen MR) is 96.9 cm³/mol. The zero-order chi connectivity index (χ0) is 19.2. The van der Waals surface area contributed by atoms with Crippen LogP contribution in [-0.4, -0.2) is 33.6 Å². The maximum absolute atomic E-state index is 13.4. The van der Waals surface area contributed by atoms with Gasteiger partial charge in [0.2, 0.25) is 0 Å². The van der Waals surface area contributed by atoms with Gasteiger partial charge in [-0.3, -0.25) is 9.36 Å². The third kappa shape index (κ3) is 4.48. The second-order valence-corrected chi connectivity index (χ2v) is 6.38. The van der Waals surface area contributed by atoms with Crippen molar-refractivity contribution < 1.29 is 23.1 Å². The average molecular weight is 391 g/mol. The Kier molecular flexibility index (Phi) is 6.12. The Labute approximate surface area is 159 Å². The number of esters is 1. The van der Waals surface area contributed by atoms with E-state index in [4.69, 9.17) is 13.9 Å². The summed E-state index contributed by atoms with van der Waals surface area (Å²) < 4.78 is 30.9. The molecule has 3 rings (SSSR count). The lowest BCUT2D eigenvalue weighted by atomic mass is 10.2. The number of aromatic nitrogens is 3. The Bertz CT molecular complexity index is 911. The van der Waals surface area contributed by atoms with E-state index in [-0.39, 0.29) is 12.4 Å². The molecule has 0 aliphatic rings. The van der Waals surface area contributed by atoms with Crippen LogP contribution in [0.1, 0.15) is 12.5 Å². The van der Waals surface area contributed by atoms with Gasteiger partial charge in [-0.2, -0.15) is 0 Å². The fraction of sp³-hybridized carbons (Fsp3) is 0.278. The van der Waals surface area contributed by atoms with Gasteiger partial charge in [-0.05, 0) is 37.3 Å². The lowest BCUT2D eigenvalue weighted by molar-refractivity contribution is -0.141. The lowest BCUT2D eigenvalue weighted by Crippen LogP contribution is -2.09. The van der Waals surface area contributed by atoms with Crippen LogP contribution in [0.25, 0.3) is 11.6 Å². The lowest BCUT2D eigenvalue weighted by Gasteiger charge is -2.09. The Morgan fingerprint density at radius 1 is 1.33 bits per heavy atom. The third-order valence-electron chi connectivity index (χ3n) is 3.72. The largest absolute Gasteiger partial charge is 0.496 e. The molecule has 0 radical (unpaired) electrons. The standard InChI is InChI=1S/C18H18FN3O4S/c1-3-22-17(15-5-4-8-25-15)20-21-18(22)27-11-16(23)26-10-12-9-13(19)6-7-14(12)24-2/h4-9H,3,10-11H2,1-2H3. The first kappa shape index (κ1) is 19.0. The summed E-state index contributed by atoms with van der Waals surface area (Å²) in [5, 5.41) is 8.82. The van der Waals surface area contributed by atoms with Crippen LogP contribution >= 0.6 is 11.8 Å². The highest BCUT2D eigenvalue weighted by Gasteiger charge is 2.17. The number of methoxy groups -OCH3 is 1. The Morgan fingerprint density at radius 3 is 2.89 bits per heavy atom. The molecule has 142 valence electrons. The van der Waals surface area contributed by atoms with Gasteiger partial charge in [0.25, 0.3) is 0 Å². The van der Waals surface area contributed by atoms with Gasteiger partial charge in [-0.1, -0.05) is 11.8 Å². The van der Waals surface area contributed by atoms with Crippen LogP contribution in [-0.2, 0) is 22.7 Å². The molecule has 0 amide bonds. The van der Waals surface area contributed by atoms with Crippen molar-refractivity contribution >= 4 is 17.7 Å². The Hall–Kier alpha value is -2.81. The highest BCUT2D eigenvalue weighted by atomic mass is 32.2. The van der Waals surface area contributed by atoms with E-state index in [1.54, 1.807) is 18.4 Å². The van der Waals surface area contributed by atoms with Gasteiger partial charge in [-0.25, -0.2) is 4.39 Å². The molecular formula is C18H18FN3O4S. The van der Waals surface area contributed by atoms with Crippen molar-refractivity contribution in [3.8, 4) is 17.3 Å². The van der Waals surface area contributed by atoms with Crippen LogP contribution in [0.3, 0.4) is 0 Å². The van der Waals surface area contributed by atoms with Crippen LogP contribution in [0.15, 0.2) is 46.2 Å². The van der Waals surface area contributed by atoms with Crippen LogP contribution in [0.2, 0.25) is 0 Å². The molecule has 2 heterocycles. The van der Waals surface area contributed by atoms with Crippen molar-refractivity contribution in [3.05, 3.63) is 48.0 Å². The minimum absolute atomic E-state index is 0.0495. The van der Waals surface area contributed by atoms with E-state index in [9.17, 15) is 9.18 Å². The van der Waals surface area contributed by atoms with Crippen molar-refractivity contribution in [3.63, 3.8) is 0 Å². The topological polar surface area (TPSA) is 79.4 Å². The number of furan rings is 1. The van der Waals surface area contributed by atoms with Crippen molar-refractivity contribution in [1.82, 2.24) is 14.8 Å². The summed E-state index contributed by atoms with van der Waals surface area (Å²) in [5.41, 5.74) is 0.465. The quantitative estimate of drug-likeness (QED) is 0.429. The van der Waals surface area contributed by atoms with E-state index in [1.807, 2.05) is 11.5 Å². The molecule has 0 atom stereocenters. The Balaban J connectivity index is 1.59. The predicted octanol–water partition coefficient (Wildman–Crippen LogP) is 3.54. The van der Waals surface area contributed by atoms with Gasteiger partial charge in [0.05, 0.1) is 19.1 Å². The van der Waals surface area contributed by atoms with Gasteiger partial charge < -0.3 is 13.9 Å². The molecule has 2 aromatic heterocycles. The normalized spacial score (nSPS) is 10.8. The second-order valence-electron chi connectivity index (χ2n) is 5.43. The summed E-state index contributed by atoms with van der Waals surface area (Å²) in [5.74, 6) is 0.855. The SMILES string of the molecule is CCn1c(SCC(=O)OCc2cc(F)ccc2OC)nnc1-c1ccco1. The average Bonchev–Trinajstić information content (AvgIpc) is 3.33. The van der Waals surface area contributed by atoms with Gasteiger partial charge in [0, 0.05) is 12.1 Å². The third-order valence-corrected chi connectivity index (χ3v) is 4.67. The van der Waals surface area contributed by atoms with Crippen molar-refractivity contribution in [2.45, 2.75) is 25.2 Å². The zero-order valence-electron chi connectivity index (χ0n) is 14.8. The van der Waals surface area contributed by atoms with E-state index >= 15 is 0 Å². The first-order valence-corrected chi connectivity index (χ1v) is 9.18. The molecule has 1 aromatic carbocycles. The molecule has 0 aliphatic carbocycles. The minimum Gasteiger partial charge on any atom is -0.496 e. The zero-order valence-corrected chi connectivity index (χ0v) is 15.7. The molecule has 27 heavy (non-hydrogen) atoms. The summed E-state index contributed by atoms with van der Waals surface area (Å²) in [6.45, 7) is 2.51. The maximum atomic E-state index is 13.4. The van der Waals surface area contributed by atoms with Gasteiger partial charge in [-0.15, -0.1) is 10.2 Å². The van der Waals surface area contributed by atoms with E-state index in [1.165, 1.54) is 37.1 Å². The molecule has 7 nitrogen and oxygen atoms in total. The fourth-order valence-electron chi connectivity index (χ4n) is 2.45. The maximum Gasteiger partial charge on any atom is 0.316 e. The molecule has 0 unspecified atom stereocenters. The van der Waals surface area contributed by atoms with Crippen molar-refractivity contribution in [2.24, 2.45) is 0 Å². The summed E-state index contributed by atoms with van der Waals surface area (Å²) in [4.78, 5) is 12.1. The molecule has 0 N–H and O–H groups in total. The van der Waals surface area contributed by atoms with E-state index in [0.29, 0.717) is 34.6 Å². The van der Waals surface area contributed by atoms with Gasteiger partial charge >= 0.3 is 5.97 Å². The molecule has 0 saturated heterocycles. The van der Waals surface area contributed by atoms with E-state index in [2.05, 4.69) is 10.2 Å². The molecule has 0 aliphatic heterocycles. The summed E-state index contributed by atoms with van der Waals surface area (Å²) in [6.07, 6.45) is 1.56. The van der Waals surface area contributed by atoms with E-state index in [0.717, 1.165) is 0 Å². The number of ether oxygens (including phenoxy) is 2. The van der Waals surface area contributed by atoms with Crippen LogP contribution in [0, 0.1) is 5.82 Å². The van der Waals surface area contributed by atoms with Gasteiger partial charge in [0.15, 0.2) is 16.7 Å². The smallest absolute Gasteiger partial charge is 0.316 e. The number of halogens is 1. The molecule has 9 heteroatoms. The minimum atomic E-state index is -0.448. The molecule has 0 bridgehead atoms. The molecule has 3 aromatic rings. The number of nitrogens with zero attached hydrogens (tertiary/aromatic N) is 3. The van der Waals surface area contributed by atoms with Crippen LogP contribution < -0.4 is 4.74 Å². The number of hydrogen-bond donors (Lipinski definition) is 0. The number of carbonyl (C=O) groups excluding carboxylic acids is 1. The number of thioether (sulfide) groups is 1. The van der Waals surface area contributed by atoms with Crippen molar-refractivity contribution in [2.75, 3.05) is 12.9 Å². The fourth-order valence-corrected chi connectivity index (χ4v) is 3.25. The monoisotopic (exact) mass is 391 g/mol. The summed E-state index contributed by atoms with van der Waals surface area (Å²) in [7, 11) is 1.47. The summed E-state index contributed by atoms with van der Waals surface area (Å²) in [6, 6.07) is 7.63. The Morgan fingerprint density at radius 2 is 2.19 bits per heavy atom. The molecular weight excluding hydrogens is 373 g/mol. The number of carbonyl (C=O) groups is 1. The number of rotatable bonds is 8. The molecule has 0 spiro atoms. The highest BCUT2D eigenvalue weighted by molar-refractivity contribution is 7.99. The number of benzene rings is 1. The summed E-state index contributed by atoms with van der Waals surface area (Å²) >= 11 is 1.21. The molecule has 0 fully saturated rings. The first-order chi connectivity index (χ1) is 13.1. The first-order valence-electron chi connectivity index (χ1n) is 8.20. The van der Waals surface area contributed by atoms with Crippen molar-refractivity contribution in [1.29, 1.82) is 0 Å². The number of hydrogen-bond acceptors (Lipinski definition) is 7. The van der Waals surface area contributed by atoms with Crippen LogP contribution in [0.5, 0.6) is 5.75 Å². The van der Waals surface area contributed by atoms with E-state index < -0.39 is 11.8 Å². The second kappa shape index (κ2) is 8.72. The molecule has 0 saturated carbocycles. The van der Waals surface area contributed by atoms with Crippen LogP contribution in [0.4, 0.5) is 4.39 Å².